The monoisotopic (exact) mass is 540 g/mol. The number of rotatable bonds is 22. The first-order valence-electron chi connectivity index (χ1n) is 13.4. The van der Waals surface area contributed by atoms with Gasteiger partial charge < -0.3 is 0 Å². The first-order valence-corrected chi connectivity index (χ1v) is 14.0. The second kappa shape index (κ2) is 23.8. The van der Waals surface area contributed by atoms with Crippen LogP contribution in [0.2, 0.25) is 0 Å². The molecule has 0 aromatic carbocycles. The van der Waals surface area contributed by atoms with Crippen LogP contribution in [-0.2, 0) is 0 Å². The number of hydrogen-bond donors (Lipinski definition) is 0. The van der Waals surface area contributed by atoms with E-state index in [0.29, 0.717) is 5.16 Å². The van der Waals surface area contributed by atoms with Crippen LogP contribution in [0.25, 0.3) is 0 Å². The number of unbranched alkanes of at least 4 members (excludes halogenated alkanes) is 15. The Morgan fingerprint density at radius 1 is 0.517 bits per heavy atom. The van der Waals surface area contributed by atoms with Gasteiger partial charge in [-0.15, -0.1) is 33.2 Å². The smallest absolute Gasteiger partial charge is 0.0125 e. The van der Waals surface area contributed by atoms with Crippen molar-refractivity contribution in [3.63, 3.8) is 0 Å². The normalized spacial score (nSPS) is 12.7. The van der Waals surface area contributed by atoms with Crippen LogP contribution in [0.4, 0.5) is 0 Å². The fourth-order valence-electron chi connectivity index (χ4n) is 4.61. The lowest BCUT2D eigenvalue weighted by Gasteiger charge is -2.36. The minimum Gasteiger partial charge on any atom is -0.131 e. The summed E-state index contributed by atoms with van der Waals surface area (Å²) < 4.78 is 0. The highest BCUT2D eigenvalue weighted by Gasteiger charge is 2.29. The first kappa shape index (κ1) is 32.3. The predicted molar refractivity (Wildman–Crippen MR) is 151 cm³/mol. The molecule has 0 fully saturated rings. The summed E-state index contributed by atoms with van der Waals surface area (Å²) in [5.74, 6) is 0.870. The summed E-state index contributed by atoms with van der Waals surface area (Å²) in [4.78, 5) is 0. The van der Waals surface area contributed by atoms with Crippen LogP contribution >= 0.6 is 33.2 Å². The van der Waals surface area contributed by atoms with Crippen molar-refractivity contribution in [2.45, 2.75) is 168 Å². The molecule has 0 saturated heterocycles. The van der Waals surface area contributed by atoms with Crippen LogP contribution in [0.5, 0.6) is 0 Å². The molecule has 178 valence electrons. The fourth-order valence-corrected chi connectivity index (χ4v) is 5.18. The van der Waals surface area contributed by atoms with E-state index in [1.165, 1.54) is 135 Å². The van der Waals surface area contributed by atoms with Crippen LogP contribution in [-0.4, -0.2) is 5.16 Å². The Labute approximate surface area is 206 Å². The van der Waals surface area contributed by atoms with Crippen molar-refractivity contribution >= 4 is 33.2 Å². The van der Waals surface area contributed by atoms with E-state index in [-0.39, 0.29) is 24.0 Å². The molecule has 0 aliphatic carbocycles. The third-order valence-corrected chi connectivity index (χ3v) is 8.11. The van der Waals surface area contributed by atoms with E-state index in [1.54, 1.807) is 0 Å². The molecule has 0 spiro atoms. The molecule has 2 unspecified atom stereocenters. The Morgan fingerprint density at radius 2 is 0.828 bits per heavy atom. The molecule has 0 bridgehead atoms. The highest BCUT2D eigenvalue weighted by Crippen LogP contribution is 2.41. The summed E-state index contributed by atoms with van der Waals surface area (Å²) >= 11 is 0. The molecule has 0 heterocycles. The molecule has 0 aliphatic heterocycles. The van der Waals surface area contributed by atoms with E-state index < -0.39 is 0 Å². The molecule has 29 heavy (non-hydrogen) atoms. The summed E-state index contributed by atoms with van der Waals surface area (Å²) in [6.07, 6.45) is 30.1. The van der Waals surface area contributed by atoms with Crippen molar-refractivity contribution in [1.82, 2.24) is 0 Å². The molecule has 0 aromatic rings. The van der Waals surface area contributed by atoms with E-state index in [2.05, 4.69) is 36.9 Å². The summed E-state index contributed by atoms with van der Waals surface area (Å²) in [5.41, 5.74) is 0. The minimum atomic E-state index is 0. The predicted octanol–water partition coefficient (Wildman–Crippen LogP) is 11.1. The van der Waals surface area contributed by atoms with Crippen molar-refractivity contribution in [3.8, 4) is 0 Å². The van der Waals surface area contributed by atoms with Crippen molar-refractivity contribution < 1.29 is 0 Å². The number of halogens is 1. The Morgan fingerprint density at radius 3 is 1.21 bits per heavy atom. The maximum absolute atomic E-state index is 3.39. The lowest BCUT2D eigenvalue weighted by atomic mass is 9.80. The minimum absolute atomic E-state index is 0. The summed E-state index contributed by atoms with van der Waals surface area (Å²) in [5, 5.41) is 0.513. The average molecular weight is 541 g/mol. The zero-order valence-corrected chi connectivity index (χ0v) is 24.4. The van der Waals surface area contributed by atoms with Gasteiger partial charge in [0.2, 0.25) is 0 Å². The third kappa shape index (κ3) is 19.6. The van der Waals surface area contributed by atoms with Crippen molar-refractivity contribution in [2.24, 2.45) is 5.92 Å². The standard InChI is InChI=1S/C27H57P.HI/c1-5-8-11-14-17-20-23-26(4)27(28,24-21-18-15-12-9-6-2)25-22-19-16-13-10-7-3;/h26H,5-25,28H2,1-4H3;1H. The molecule has 0 nitrogen and oxygen atoms in total. The van der Waals surface area contributed by atoms with Crippen LogP contribution in [0.1, 0.15) is 163 Å². The highest BCUT2D eigenvalue weighted by molar-refractivity contribution is 14.0. The van der Waals surface area contributed by atoms with Gasteiger partial charge in [0.25, 0.3) is 0 Å². The maximum Gasteiger partial charge on any atom is -0.0125 e. The summed E-state index contributed by atoms with van der Waals surface area (Å²) in [6, 6.07) is 0. The van der Waals surface area contributed by atoms with Gasteiger partial charge in [0.15, 0.2) is 0 Å². The highest BCUT2D eigenvalue weighted by atomic mass is 127. The van der Waals surface area contributed by atoms with E-state index in [4.69, 9.17) is 0 Å². The van der Waals surface area contributed by atoms with Gasteiger partial charge in [0, 0.05) is 0 Å². The molecule has 0 aromatic heterocycles. The average Bonchev–Trinajstić information content (AvgIpc) is 2.69. The molecule has 0 N–H and O–H groups in total. The van der Waals surface area contributed by atoms with Gasteiger partial charge in [0.1, 0.15) is 0 Å². The number of hydrogen-bond acceptors (Lipinski definition) is 0. The molecule has 2 atom stereocenters. The van der Waals surface area contributed by atoms with Crippen LogP contribution < -0.4 is 0 Å². The molecule has 0 aliphatic rings. The van der Waals surface area contributed by atoms with E-state index >= 15 is 0 Å². The first-order chi connectivity index (χ1) is 13.6. The molecular weight excluding hydrogens is 482 g/mol. The van der Waals surface area contributed by atoms with Crippen molar-refractivity contribution in [1.29, 1.82) is 0 Å². The molecule has 0 amide bonds. The Bertz CT molecular complexity index is 289. The van der Waals surface area contributed by atoms with Crippen molar-refractivity contribution in [2.75, 3.05) is 0 Å². The molecular formula is C27H58IP. The van der Waals surface area contributed by atoms with Gasteiger partial charge in [-0.25, -0.2) is 0 Å². The second-order valence-corrected chi connectivity index (χ2v) is 10.9. The lowest BCUT2D eigenvalue weighted by Crippen LogP contribution is -2.29. The van der Waals surface area contributed by atoms with Gasteiger partial charge >= 0.3 is 0 Å². The Kier molecular flexibility index (Phi) is 26.6. The molecule has 2 heteroatoms. The Hall–Kier alpha value is 1.16. The maximum atomic E-state index is 3.39. The van der Waals surface area contributed by atoms with Crippen LogP contribution in [0, 0.1) is 5.92 Å². The van der Waals surface area contributed by atoms with E-state index in [0.717, 1.165) is 5.92 Å². The Balaban J connectivity index is 0. The van der Waals surface area contributed by atoms with Gasteiger partial charge in [-0.3, -0.25) is 0 Å². The quantitative estimate of drug-likeness (QED) is 0.0728. The zero-order valence-electron chi connectivity index (χ0n) is 20.9. The molecule has 0 rings (SSSR count). The lowest BCUT2D eigenvalue weighted by molar-refractivity contribution is 0.311. The van der Waals surface area contributed by atoms with Gasteiger partial charge in [-0.2, -0.15) is 0 Å². The topological polar surface area (TPSA) is 0 Å². The van der Waals surface area contributed by atoms with E-state index in [9.17, 15) is 0 Å². The van der Waals surface area contributed by atoms with Crippen LogP contribution in [0.15, 0.2) is 0 Å². The molecule has 0 radical (unpaired) electrons. The van der Waals surface area contributed by atoms with Crippen LogP contribution in [0.3, 0.4) is 0 Å². The zero-order chi connectivity index (χ0) is 20.9. The van der Waals surface area contributed by atoms with Gasteiger partial charge in [-0.1, -0.05) is 143 Å². The second-order valence-electron chi connectivity index (χ2n) is 9.73. The van der Waals surface area contributed by atoms with Crippen molar-refractivity contribution in [3.05, 3.63) is 0 Å². The summed E-state index contributed by atoms with van der Waals surface area (Å²) in [7, 11) is 3.39. The third-order valence-electron chi connectivity index (χ3n) is 6.96. The van der Waals surface area contributed by atoms with Gasteiger partial charge in [-0.05, 0) is 30.3 Å². The molecule has 0 saturated carbocycles. The summed E-state index contributed by atoms with van der Waals surface area (Å²) in [6.45, 7) is 9.51. The largest absolute Gasteiger partial charge is 0.131 e. The van der Waals surface area contributed by atoms with Gasteiger partial charge in [0.05, 0.1) is 0 Å². The SMILES string of the molecule is CCCCCCCCC(C)C(P)(CCCCCCCC)CCCCCCCC.I. The fraction of sp³-hybridized carbons (Fsp3) is 1.00. The van der Waals surface area contributed by atoms with E-state index in [1.807, 2.05) is 0 Å².